The predicted octanol–water partition coefficient (Wildman–Crippen LogP) is 1.60. The van der Waals surface area contributed by atoms with Crippen molar-refractivity contribution >= 4 is 5.69 Å². The SMILES string of the molecule is Cc1c(Cn2cc(C(C)O)nn2)cccc1[N+](=O)[O-]. The summed E-state index contributed by atoms with van der Waals surface area (Å²) in [5.41, 5.74) is 1.98. The molecule has 100 valence electrons. The minimum Gasteiger partial charge on any atom is -0.387 e. The molecule has 0 amide bonds. The zero-order chi connectivity index (χ0) is 14.0. The number of aromatic nitrogens is 3. The van der Waals surface area contributed by atoms with E-state index in [4.69, 9.17) is 0 Å². The molecular weight excluding hydrogens is 248 g/mol. The van der Waals surface area contributed by atoms with Crippen LogP contribution in [-0.2, 0) is 6.54 Å². The van der Waals surface area contributed by atoms with Crippen molar-refractivity contribution in [2.24, 2.45) is 0 Å². The zero-order valence-electron chi connectivity index (χ0n) is 10.6. The van der Waals surface area contributed by atoms with Crippen molar-refractivity contribution in [1.82, 2.24) is 15.0 Å². The Bertz CT molecular complexity index is 607. The van der Waals surface area contributed by atoms with Gasteiger partial charge in [-0.1, -0.05) is 17.3 Å². The van der Waals surface area contributed by atoms with Gasteiger partial charge in [0.05, 0.1) is 23.8 Å². The van der Waals surface area contributed by atoms with Gasteiger partial charge in [-0.3, -0.25) is 10.1 Å². The summed E-state index contributed by atoms with van der Waals surface area (Å²) in [5.74, 6) is 0. The van der Waals surface area contributed by atoms with E-state index in [0.717, 1.165) is 5.56 Å². The molecule has 1 unspecified atom stereocenters. The van der Waals surface area contributed by atoms with Gasteiger partial charge < -0.3 is 5.11 Å². The molecule has 1 aromatic heterocycles. The third-order valence-corrected chi connectivity index (χ3v) is 2.93. The Kier molecular flexibility index (Phi) is 3.57. The van der Waals surface area contributed by atoms with Crippen molar-refractivity contribution < 1.29 is 10.0 Å². The molecule has 0 fully saturated rings. The van der Waals surface area contributed by atoms with Gasteiger partial charge in [0.1, 0.15) is 5.69 Å². The molecule has 2 aromatic rings. The van der Waals surface area contributed by atoms with Gasteiger partial charge in [0.15, 0.2) is 0 Å². The fraction of sp³-hybridized carbons (Fsp3) is 0.333. The van der Waals surface area contributed by atoms with E-state index in [1.807, 2.05) is 6.07 Å². The number of aliphatic hydroxyl groups is 1. The number of nitro groups is 1. The average molecular weight is 262 g/mol. The molecule has 7 nitrogen and oxygen atoms in total. The molecule has 19 heavy (non-hydrogen) atoms. The summed E-state index contributed by atoms with van der Waals surface area (Å²) in [6, 6.07) is 4.93. The summed E-state index contributed by atoms with van der Waals surface area (Å²) in [6.07, 6.45) is 0.947. The second kappa shape index (κ2) is 5.15. The summed E-state index contributed by atoms with van der Waals surface area (Å²) < 4.78 is 1.55. The Balaban J connectivity index is 2.28. The van der Waals surface area contributed by atoms with Crippen LogP contribution < -0.4 is 0 Å². The minimum atomic E-state index is -0.681. The molecule has 1 heterocycles. The van der Waals surface area contributed by atoms with Crippen molar-refractivity contribution in [3.8, 4) is 0 Å². The molecule has 0 saturated heterocycles. The van der Waals surface area contributed by atoms with Crippen molar-refractivity contribution in [2.75, 3.05) is 0 Å². The first-order chi connectivity index (χ1) is 8.99. The molecule has 0 bridgehead atoms. The molecular formula is C12H14N4O3. The molecule has 0 radical (unpaired) electrons. The van der Waals surface area contributed by atoms with Crippen LogP contribution in [0.5, 0.6) is 0 Å². The van der Waals surface area contributed by atoms with Crippen LogP contribution in [0.2, 0.25) is 0 Å². The lowest BCUT2D eigenvalue weighted by Gasteiger charge is -2.05. The highest BCUT2D eigenvalue weighted by Gasteiger charge is 2.14. The summed E-state index contributed by atoms with van der Waals surface area (Å²) in [6.45, 7) is 3.69. The average Bonchev–Trinajstić information content (AvgIpc) is 2.80. The van der Waals surface area contributed by atoms with E-state index >= 15 is 0 Å². The van der Waals surface area contributed by atoms with Gasteiger partial charge in [-0.2, -0.15) is 0 Å². The summed E-state index contributed by atoms with van der Waals surface area (Å²) in [5, 5.41) is 27.9. The first-order valence-electron chi connectivity index (χ1n) is 5.80. The molecule has 0 aliphatic heterocycles. The van der Waals surface area contributed by atoms with Crippen LogP contribution in [0.15, 0.2) is 24.4 Å². The Morgan fingerprint density at radius 3 is 2.84 bits per heavy atom. The topological polar surface area (TPSA) is 94.1 Å². The molecule has 2 rings (SSSR count). The summed E-state index contributed by atoms with van der Waals surface area (Å²) in [7, 11) is 0. The number of rotatable bonds is 4. The molecule has 0 aliphatic rings. The number of hydrogen-bond donors (Lipinski definition) is 1. The molecule has 0 aliphatic carbocycles. The van der Waals surface area contributed by atoms with Crippen LogP contribution in [0.1, 0.15) is 29.8 Å². The highest BCUT2D eigenvalue weighted by atomic mass is 16.6. The van der Waals surface area contributed by atoms with Crippen LogP contribution in [0, 0.1) is 17.0 Å². The van der Waals surface area contributed by atoms with Crippen LogP contribution in [0.4, 0.5) is 5.69 Å². The van der Waals surface area contributed by atoms with Crippen LogP contribution in [0.3, 0.4) is 0 Å². The second-order valence-corrected chi connectivity index (χ2v) is 4.34. The van der Waals surface area contributed by atoms with Crippen molar-refractivity contribution in [3.63, 3.8) is 0 Å². The van der Waals surface area contributed by atoms with Crippen LogP contribution >= 0.6 is 0 Å². The van der Waals surface area contributed by atoms with Crippen molar-refractivity contribution in [1.29, 1.82) is 0 Å². The maximum atomic E-state index is 10.9. The summed E-state index contributed by atoms with van der Waals surface area (Å²) in [4.78, 5) is 10.5. The third-order valence-electron chi connectivity index (χ3n) is 2.93. The number of benzene rings is 1. The number of nitrogens with zero attached hydrogens (tertiary/aromatic N) is 4. The van der Waals surface area contributed by atoms with E-state index in [1.54, 1.807) is 30.8 Å². The Morgan fingerprint density at radius 2 is 2.26 bits per heavy atom. The lowest BCUT2D eigenvalue weighted by Crippen LogP contribution is -2.04. The first-order valence-corrected chi connectivity index (χ1v) is 5.80. The molecule has 0 spiro atoms. The standard InChI is InChI=1S/C12H14N4O3/c1-8-10(4-3-5-12(8)16(18)19)6-15-7-11(9(2)17)13-14-15/h3-5,7,9,17H,6H2,1-2H3. The lowest BCUT2D eigenvalue weighted by molar-refractivity contribution is -0.385. The molecule has 0 saturated carbocycles. The lowest BCUT2D eigenvalue weighted by atomic mass is 10.1. The molecule has 1 aromatic carbocycles. The normalized spacial score (nSPS) is 12.4. The zero-order valence-corrected chi connectivity index (χ0v) is 10.6. The highest BCUT2D eigenvalue weighted by molar-refractivity contribution is 5.44. The quantitative estimate of drug-likeness (QED) is 0.667. The minimum absolute atomic E-state index is 0.0911. The van der Waals surface area contributed by atoms with Gasteiger partial charge in [0.2, 0.25) is 0 Å². The molecule has 1 atom stereocenters. The number of hydrogen-bond acceptors (Lipinski definition) is 5. The van der Waals surface area contributed by atoms with E-state index in [0.29, 0.717) is 17.8 Å². The Labute approximate surface area is 109 Å². The van der Waals surface area contributed by atoms with Gasteiger partial charge in [-0.25, -0.2) is 4.68 Å². The number of aliphatic hydroxyl groups excluding tert-OH is 1. The predicted molar refractivity (Wildman–Crippen MR) is 67.6 cm³/mol. The van der Waals surface area contributed by atoms with Gasteiger partial charge >= 0.3 is 0 Å². The van der Waals surface area contributed by atoms with Gasteiger partial charge in [-0.15, -0.1) is 5.10 Å². The second-order valence-electron chi connectivity index (χ2n) is 4.34. The van der Waals surface area contributed by atoms with Crippen LogP contribution in [-0.4, -0.2) is 25.0 Å². The maximum absolute atomic E-state index is 10.9. The van der Waals surface area contributed by atoms with Gasteiger partial charge in [0.25, 0.3) is 5.69 Å². The van der Waals surface area contributed by atoms with Crippen molar-refractivity contribution in [3.05, 3.63) is 51.3 Å². The monoisotopic (exact) mass is 262 g/mol. The fourth-order valence-corrected chi connectivity index (χ4v) is 1.80. The van der Waals surface area contributed by atoms with E-state index in [2.05, 4.69) is 10.3 Å². The largest absolute Gasteiger partial charge is 0.387 e. The van der Waals surface area contributed by atoms with E-state index < -0.39 is 11.0 Å². The number of nitro benzene ring substituents is 1. The van der Waals surface area contributed by atoms with Crippen LogP contribution in [0.25, 0.3) is 0 Å². The van der Waals surface area contributed by atoms with Gasteiger partial charge in [-0.05, 0) is 19.4 Å². The smallest absolute Gasteiger partial charge is 0.272 e. The van der Waals surface area contributed by atoms with Crippen molar-refractivity contribution in [2.45, 2.75) is 26.5 Å². The maximum Gasteiger partial charge on any atom is 0.272 e. The van der Waals surface area contributed by atoms with E-state index in [1.165, 1.54) is 6.07 Å². The highest BCUT2D eigenvalue weighted by Crippen LogP contribution is 2.21. The van der Waals surface area contributed by atoms with E-state index in [9.17, 15) is 15.2 Å². The fourth-order valence-electron chi connectivity index (χ4n) is 1.80. The molecule has 7 heteroatoms. The summed E-state index contributed by atoms with van der Waals surface area (Å²) >= 11 is 0. The Morgan fingerprint density at radius 1 is 1.53 bits per heavy atom. The van der Waals surface area contributed by atoms with E-state index in [-0.39, 0.29) is 5.69 Å². The Hall–Kier alpha value is -2.28. The first kappa shape index (κ1) is 13.2. The third kappa shape index (κ3) is 2.76. The molecule has 1 N–H and O–H groups in total. The van der Waals surface area contributed by atoms with Gasteiger partial charge in [0, 0.05) is 11.6 Å².